The number of rotatable bonds is 6. The lowest BCUT2D eigenvalue weighted by Crippen LogP contribution is -2.63. The van der Waals surface area contributed by atoms with E-state index in [0.717, 1.165) is 34.6 Å². The van der Waals surface area contributed by atoms with E-state index in [1.165, 1.54) is 0 Å². The van der Waals surface area contributed by atoms with Crippen molar-refractivity contribution in [1.29, 1.82) is 0 Å². The summed E-state index contributed by atoms with van der Waals surface area (Å²) in [6.45, 7) is 5.13. The molecule has 11 nitrogen and oxygen atoms in total. The third-order valence-corrected chi connectivity index (χ3v) is 3.23. The summed E-state index contributed by atoms with van der Waals surface area (Å²) >= 11 is 0. The van der Waals surface area contributed by atoms with Gasteiger partial charge in [0.15, 0.2) is 12.2 Å². The minimum atomic E-state index is -1.48. The van der Waals surface area contributed by atoms with Crippen molar-refractivity contribution < 1.29 is 52.4 Å². The van der Waals surface area contributed by atoms with Gasteiger partial charge in [0.2, 0.25) is 12.4 Å². The molecule has 1 heterocycles. The molecule has 0 aromatic heterocycles. The zero-order chi connectivity index (χ0) is 20.7. The Morgan fingerprint density at radius 1 is 0.630 bits per heavy atom. The number of hydrogen-bond acceptors (Lipinski definition) is 11. The van der Waals surface area contributed by atoms with Crippen LogP contribution in [0.2, 0.25) is 0 Å². The van der Waals surface area contributed by atoms with Gasteiger partial charge in [-0.05, 0) is 0 Å². The molecule has 1 aliphatic heterocycles. The largest absolute Gasteiger partial charge is 0.463 e. The molecule has 0 N–H and O–H groups in total. The maximum Gasteiger partial charge on any atom is 0.305 e. The van der Waals surface area contributed by atoms with Crippen LogP contribution in [-0.2, 0) is 52.4 Å². The fourth-order valence-electron chi connectivity index (χ4n) is 2.45. The number of ether oxygens (including phenoxy) is 6. The quantitative estimate of drug-likeness (QED) is 0.333. The molecule has 0 amide bonds. The molecule has 0 spiro atoms. The molecule has 1 saturated heterocycles. The molecule has 0 aromatic carbocycles. The Balaban J connectivity index is 3.29. The minimum Gasteiger partial charge on any atom is -0.463 e. The van der Waals surface area contributed by atoms with Crippen LogP contribution in [0, 0.1) is 0 Å². The number of carbonyl (C=O) groups excluding carboxylic acids is 5. The average Bonchev–Trinajstić information content (AvgIpc) is 2.49. The molecule has 0 aliphatic carbocycles. The standard InChI is InChI=1S/C16H22O11/c1-7(17)22-6-12-13(23-8(2)18)14(24-9(3)19)15(25-10(4)20)16(27-12)26-11(5)21/h12-16H,6H2,1-5H3/t12-,13-,14+,15-,16+/m1/s1/i7+1. The van der Waals surface area contributed by atoms with Crippen LogP contribution < -0.4 is 0 Å². The third-order valence-electron chi connectivity index (χ3n) is 3.23. The fraction of sp³-hybridized carbons (Fsp3) is 0.688. The maximum atomic E-state index is 11.5. The smallest absolute Gasteiger partial charge is 0.305 e. The molecule has 1 aliphatic rings. The zero-order valence-electron chi connectivity index (χ0n) is 15.6. The van der Waals surface area contributed by atoms with E-state index in [2.05, 4.69) is 0 Å². The van der Waals surface area contributed by atoms with E-state index in [4.69, 9.17) is 28.4 Å². The van der Waals surface area contributed by atoms with Crippen molar-refractivity contribution in [2.75, 3.05) is 6.61 Å². The summed E-state index contributed by atoms with van der Waals surface area (Å²) in [6.07, 6.45) is -6.70. The Labute approximate surface area is 155 Å². The maximum absolute atomic E-state index is 11.5. The Morgan fingerprint density at radius 2 is 1.07 bits per heavy atom. The van der Waals surface area contributed by atoms with E-state index in [1.54, 1.807) is 0 Å². The van der Waals surface area contributed by atoms with Crippen molar-refractivity contribution in [2.24, 2.45) is 0 Å². The summed E-state index contributed by atoms with van der Waals surface area (Å²) in [7, 11) is 0. The van der Waals surface area contributed by atoms with Crippen LogP contribution in [0.15, 0.2) is 0 Å². The topological polar surface area (TPSA) is 141 Å². The molecule has 0 bridgehead atoms. The number of hydrogen-bond donors (Lipinski definition) is 0. The first-order chi connectivity index (χ1) is 12.5. The molecule has 5 atom stereocenters. The van der Waals surface area contributed by atoms with Gasteiger partial charge < -0.3 is 28.4 Å². The van der Waals surface area contributed by atoms with E-state index < -0.39 is 67.2 Å². The van der Waals surface area contributed by atoms with E-state index in [9.17, 15) is 24.0 Å². The van der Waals surface area contributed by atoms with E-state index in [-0.39, 0.29) is 0 Å². The summed E-state index contributed by atoms with van der Waals surface area (Å²) in [6, 6.07) is 0. The first-order valence-corrected chi connectivity index (χ1v) is 7.99. The predicted molar refractivity (Wildman–Crippen MR) is 83.7 cm³/mol. The minimum absolute atomic E-state index is 0.393. The Morgan fingerprint density at radius 3 is 1.52 bits per heavy atom. The van der Waals surface area contributed by atoms with Gasteiger partial charge in [-0.2, -0.15) is 0 Å². The molecule has 0 unspecified atom stereocenters. The molecule has 0 saturated carbocycles. The lowest BCUT2D eigenvalue weighted by atomic mass is 9.98. The monoisotopic (exact) mass is 391 g/mol. The summed E-state index contributed by atoms with van der Waals surface area (Å²) in [5, 5.41) is 0. The molecule has 152 valence electrons. The van der Waals surface area contributed by atoms with E-state index in [1.807, 2.05) is 0 Å². The van der Waals surface area contributed by atoms with Crippen LogP contribution in [0.4, 0.5) is 0 Å². The van der Waals surface area contributed by atoms with Gasteiger partial charge in [0.25, 0.3) is 0 Å². The van der Waals surface area contributed by atoms with Crippen LogP contribution in [0.25, 0.3) is 0 Å². The average molecular weight is 391 g/mol. The molecule has 0 radical (unpaired) electrons. The summed E-state index contributed by atoms with van der Waals surface area (Å²) in [4.78, 5) is 57.0. The lowest BCUT2D eigenvalue weighted by Gasteiger charge is -2.43. The van der Waals surface area contributed by atoms with Gasteiger partial charge >= 0.3 is 29.8 Å². The van der Waals surface area contributed by atoms with Gasteiger partial charge in [-0.25, -0.2) is 0 Å². The second-order valence-corrected chi connectivity index (χ2v) is 5.68. The normalized spacial score (nSPS) is 27.1. The summed E-state index contributed by atoms with van der Waals surface area (Å²) in [5.74, 6) is -3.71. The highest BCUT2D eigenvalue weighted by Crippen LogP contribution is 2.29. The number of esters is 5. The van der Waals surface area contributed by atoms with Gasteiger partial charge in [-0.3, -0.25) is 24.0 Å². The lowest BCUT2D eigenvalue weighted by molar-refractivity contribution is -0.300. The highest BCUT2D eigenvalue weighted by atomic mass is 16.7. The van der Waals surface area contributed by atoms with Crippen molar-refractivity contribution in [2.45, 2.75) is 65.3 Å². The summed E-state index contributed by atoms with van der Waals surface area (Å²) in [5.41, 5.74) is 0. The molecule has 27 heavy (non-hydrogen) atoms. The van der Waals surface area contributed by atoms with Crippen molar-refractivity contribution >= 4 is 29.8 Å². The van der Waals surface area contributed by atoms with Crippen LogP contribution in [-0.4, -0.2) is 67.2 Å². The first kappa shape index (κ1) is 22.4. The zero-order valence-corrected chi connectivity index (χ0v) is 15.6. The van der Waals surface area contributed by atoms with Crippen molar-refractivity contribution in [3.8, 4) is 0 Å². The van der Waals surface area contributed by atoms with E-state index in [0.29, 0.717) is 0 Å². The van der Waals surface area contributed by atoms with E-state index >= 15 is 0 Å². The fourth-order valence-corrected chi connectivity index (χ4v) is 2.45. The molecular formula is C16H22O11. The second kappa shape index (κ2) is 9.86. The van der Waals surface area contributed by atoms with Crippen LogP contribution in [0.3, 0.4) is 0 Å². The van der Waals surface area contributed by atoms with Crippen LogP contribution >= 0.6 is 0 Å². The van der Waals surface area contributed by atoms with Crippen molar-refractivity contribution in [3.63, 3.8) is 0 Å². The Bertz CT molecular complexity index is 599. The number of carbonyl (C=O) groups is 5. The first-order valence-electron chi connectivity index (χ1n) is 7.99. The van der Waals surface area contributed by atoms with Gasteiger partial charge in [-0.1, -0.05) is 0 Å². The summed E-state index contributed by atoms with van der Waals surface area (Å²) < 4.78 is 30.8. The predicted octanol–water partition coefficient (Wildman–Crippen LogP) is -0.367. The highest BCUT2D eigenvalue weighted by Gasteiger charge is 2.53. The SMILES string of the molecule is CC(=O)O[C@H]1O[C@H](CO[13C](C)=O)[C@@H](OC(C)=O)[C@H](OC(C)=O)[C@H]1OC(C)=O. The molecule has 1 fully saturated rings. The Hall–Kier alpha value is -2.69. The Kier molecular flexibility index (Phi) is 8.16. The molecule has 1 rings (SSSR count). The third kappa shape index (κ3) is 7.21. The molecule has 11 heteroatoms. The van der Waals surface area contributed by atoms with Gasteiger partial charge in [-0.15, -0.1) is 0 Å². The second-order valence-electron chi connectivity index (χ2n) is 5.68. The van der Waals surface area contributed by atoms with Gasteiger partial charge in [0.1, 0.15) is 12.7 Å². The van der Waals surface area contributed by atoms with Gasteiger partial charge in [0.05, 0.1) is 0 Å². The molecule has 0 aromatic rings. The molecular weight excluding hydrogens is 369 g/mol. The van der Waals surface area contributed by atoms with Crippen LogP contribution in [0.1, 0.15) is 34.6 Å². The van der Waals surface area contributed by atoms with Crippen LogP contribution in [0.5, 0.6) is 0 Å². The highest BCUT2D eigenvalue weighted by molar-refractivity contribution is 5.69. The van der Waals surface area contributed by atoms with Gasteiger partial charge in [0, 0.05) is 34.6 Å². The van der Waals surface area contributed by atoms with Crippen molar-refractivity contribution in [3.05, 3.63) is 0 Å². The van der Waals surface area contributed by atoms with Crippen molar-refractivity contribution in [1.82, 2.24) is 0 Å².